The quantitative estimate of drug-likeness (QED) is 0.656. The lowest BCUT2D eigenvalue weighted by atomic mass is 10.0. The van der Waals surface area contributed by atoms with Gasteiger partial charge < -0.3 is 20.7 Å². The first-order chi connectivity index (χ1) is 9.13. The molecule has 0 radical (unpaired) electrons. The number of anilines is 1. The Balaban J connectivity index is 2.04. The highest BCUT2D eigenvalue weighted by atomic mass is 16.5. The molecule has 1 saturated heterocycles. The molecule has 0 aromatic carbocycles. The van der Waals surface area contributed by atoms with Crippen LogP contribution in [0, 0.1) is 5.92 Å². The van der Waals surface area contributed by atoms with Crippen LogP contribution >= 0.6 is 0 Å². The van der Waals surface area contributed by atoms with Gasteiger partial charge in [0, 0.05) is 5.92 Å². The minimum absolute atomic E-state index is 0.189. The third-order valence-electron chi connectivity index (χ3n) is 3.52. The van der Waals surface area contributed by atoms with E-state index in [0.29, 0.717) is 17.0 Å². The maximum Gasteiger partial charge on any atom is 0.167 e. The Hall–Kier alpha value is -1.77. The molecule has 4 N–H and O–H groups in total. The summed E-state index contributed by atoms with van der Waals surface area (Å²) >= 11 is 0. The summed E-state index contributed by atoms with van der Waals surface area (Å²) in [7, 11) is 0. The van der Waals surface area contributed by atoms with Gasteiger partial charge in [-0.05, 0) is 0 Å². The lowest BCUT2D eigenvalue weighted by molar-refractivity contribution is -0.0447. The topological polar surface area (TPSA) is 119 Å². The van der Waals surface area contributed by atoms with Crippen LogP contribution in [0.1, 0.15) is 13.2 Å². The molecule has 2 aromatic heterocycles. The van der Waals surface area contributed by atoms with E-state index in [2.05, 4.69) is 15.0 Å². The van der Waals surface area contributed by atoms with Gasteiger partial charge in [0.15, 0.2) is 11.5 Å². The molecule has 0 spiro atoms. The van der Waals surface area contributed by atoms with Gasteiger partial charge in [-0.1, -0.05) is 6.92 Å². The van der Waals surface area contributed by atoms with Crippen LogP contribution in [-0.4, -0.2) is 48.5 Å². The fourth-order valence-corrected chi connectivity index (χ4v) is 2.42. The summed E-state index contributed by atoms with van der Waals surface area (Å²) in [4.78, 5) is 12.2. The number of nitrogen functional groups attached to an aromatic ring is 1. The standard InChI is InChI=1S/C11H15N5O3/c1-5-8(18)6(2-17)19-11(5)16-4-15-7-9(12)13-3-14-10(7)16/h3-6,8,11,17-18H,2H2,1H3,(H2,12,13,14)/t5?,6-,8-,11-/m1/s1. The number of nitrogens with two attached hydrogens (primary N) is 1. The Morgan fingerprint density at radius 1 is 1.42 bits per heavy atom. The molecule has 0 aliphatic carbocycles. The highest BCUT2D eigenvalue weighted by Crippen LogP contribution is 2.35. The Morgan fingerprint density at radius 3 is 2.89 bits per heavy atom. The summed E-state index contributed by atoms with van der Waals surface area (Å²) in [6, 6.07) is 0. The lowest BCUT2D eigenvalue weighted by Gasteiger charge is -2.17. The van der Waals surface area contributed by atoms with E-state index in [1.807, 2.05) is 6.92 Å². The fraction of sp³-hybridized carbons (Fsp3) is 0.545. The largest absolute Gasteiger partial charge is 0.394 e. The number of aliphatic hydroxyl groups is 2. The predicted molar refractivity (Wildman–Crippen MR) is 65.9 cm³/mol. The van der Waals surface area contributed by atoms with E-state index in [1.54, 1.807) is 10.9 Å². The van der Waals surface area contributed by atoms with Crippen molar-refractivity contribution in [1.29, 1.82) is 0 Å². The summed E-state index contributed by atoms with van der Waals surface area (Å²) in [5.41, 5.74) is 6.78. The molecule has 8 nitrogen and oxygen atoms in total. The van der Waals surface area contributed by atoms with E-state index in [4.69, 9.17) is 10.5 Å². The SMILES string of the molecule is CC1[C@@H](O)[C@@H](CO)O[C@H]1n1cnc2c(N)ncnc21. The van der Waals surface area contributed by atoms with Crippen molar-refractivity contribution in [2.75, 3.05) is 12.3 Å². The number of aromatic nitrogens is 4. The Kier molecular flexibility index (Phi) is 2.85. The van der Waals surface area contributed by atoms with E-state index in [-0.39, 0.29) is 12.5 Å². The van der Waals surface area contributed by atoms with Crippen molar-refractivity contribution in [1.82, 2.24) is 19.5 Å². The molecular weight excluding hydrogens is 250 g/mol. The van der Waals surface area contributed by atoms with Gasteiger partial charge in [0.1, 0.15) is 24.2 Å². The number of nitrogens with zero attached hydrogens (tertiary/aromatic N) is 4. The first kappa shape index (κ1) is 12.3. The number of fused-ring (bicyclic) bond motifs is 1. The molecule has 0 amide bonds. The zero-order chi connectivity index (χ0) is 13.6. The molecule has 8 heteroatoms. The summed E-state index contributed by atoms with van der Waals surface area (Å²) in [6.45, 7) is 1.62. The van der Waals surface area contributed by atoms with Gasteiger partial charge in [0.05, 0.1) is 19.0 Å². The van der Waals surface area contributed by atoms with Crippen molar-refractivity contribution in [3.63, 3.8) is 0 Å². The number of ether oxygens (including phenoxy) is 1. The molecule has 1 aliphatic heterocycles. The summed E-state index contributed by atoms with van der Waals surface area (Å²) in [5.74, 6) is 0.111. The molecule has 2 aromatic rings. The van der Waals surface area contributed by atoms with Crippen LogP contribution in [0.25, 0.3) is 11.2 Å². The van der Waals surface area contributed by atoms with Crippen molar-refractivity contribution in [2.45, 2.75) is 25.4 Å². The van der Waals surface area contributed by atoms with Crippen molar-refractivity contribution in [3.05, 3.63) is 12.7 Å². The van der Waals surface area contributed by atoms with E-state index >= 15 is 0 Å². The Bertz CT molecular complexity index is 601. The second kappa shape index (κ2) is 4.41. The van der Waals surface area contributed by atoms with Gasteiger partial charge in [-0.2, -0.15) is 0 Å². The number of aliphatic hydroxyl groups excluding tert-OH is 2. The monoisotopic (exact) mass is 265 g/mol. The normalized spacial score (nSPS) is 31.1. The lowest BCUT2D eigenvalue weighted by Crippen LogP contribution is -2.28. The Morgan fingerprint density at radius 2 is 2.21 bits per heavy atom. The van der Waals surface area contributed by atoms with Gasteiger partial charge >= 0.3 is 0 Å². The molecule has 1 unspecified atom stereocenters. The average Bonchev–Trinajstić information content (AvgIpc) is 2.94. The molecular formula is C11H15N5O3. The van der Waals surface area contributed by atoms with Crippen LogP contribution in [0.15, 0.2) is 12.7 Å². The van der Waals surface area contributed by atoms with E-state index in [1.165, 1.54) is 6.33 Å². The van der Waals surface area contributed by atoms with E-state index in [0.717, 1.165) is 0 Å². The first-order valence-corrected chi connectivity index (χ1v) is 6.01. The number of imidazole rings is 1. The number of hydrogen-bond donors (Lipinski definition) is 3. The van der Waals surface area contributed by atoms with Crippen LogP contribution in [0.4, 0.5) is 5.82 Å². The van der Waals surface area contributed by atoms with Crippen molar-refractivity contribution in [3.8, 4) is 0 Å². The maximum atomic E-state index is 9.98. The molecule has 3 rings (SSSR count). The smallest absolute Gasteiger partial charge is 0.167 e. The number of hydrogen-bond acceptors (Lipinski definition) is 7. The highest BCUT2D eigenvalue weighted by Gasteiger charge is 2.42. The third kappa shape index (κ3) is 1.76. The minimum atomic E-state index is -0.730. The summed E-state index contributed by atoms with van der Waals surface area (Å²) in [5, 5.41) is 19.1. The number of rotatable bonds is 2. The van der Waals surface area contributed by atoms with Gasteiger partial charge in [-0.3, -0.25) is 4.57 Å². The maximum absolute atomic E-state index is 9.98. The van der Waals surface area contributed by atoms with Crippen LogP contribution in [0.2, 0.25) is 0 Å². The molecule has 102 valence electrons. The first-order valence-electron chi connectivity index (χ1n) is 6.01. The Labute approximate surface area is 108 Å². The zero-order valence-electron chi connectivity index (χ0n) is 10.3. The van der Waals surface area contributed by atoms with Crippen molar-refractivity contribution >= 4 is 17.0 Å². The molecule has 0 saturated carbocycles. The van der Waals surface area contributed by atoms with Gasteiger partial charge in [0.2, 0.25) is 0 Å². The molecule has 1 aliphatic rings. The van der Waals surface area contributed by atoms with Crippen LogP contribution < -0.4 is 5.73 Å². The van der Waals surface area contributed by atoms with E-state index in [9.17, 15) is 10.2 Å². The van der Waals surface area contributed by atoms with Crippen LogP contribution in [-0.2, 0) is 4.74 Å². The molecule has 4 atom stereocenters. The molecule has 19 heavy (non-hydrogen) atoms. The molecule has 0 bridgehead atoms. The average molecular weight is 265 g/mol. The van der Waals surface area contributed by atoms with Crippen LogP contribution in [0.5, 0.6) is 0 Å². The van der Waals surface area contributed by atoms with Gasteiger partial charge in [-0.15, -0.1) is 0 Å². The van der Waals surface area contributed by atoms with Crippen molar-refractivity contribution < 1.29 is 14.9 Å². The van der Waals surface area contributed by atoms with Crippen molar-refractivity contribution in [2.24, 2.45) is 5.92 Å². The molecule has 1 fully saturated rings. The van der Waals surface area contributed by atoms with E-state index < -0.39 is 18.4 Å². The second-order valence-electron chi connectivity index (χ2n) is 4.68. The van der Waals surface area contributed by atoms with Crippen LogP contribution in [0.3, 0.4) is 0 Å². The summed E-state index contributed by atoms with van der Waals surface area (Å²) < 4.78 is 7.35. The minimum Gasteiger partial charge on any atom is -0.394 e. The molecule has 3 heterocycles. The predicted octanol–water partition coefficient (Wildman–Crippen LogP) is -0.705. The van der Waals surface area contributed by atoms with Gasteiger partial charge in [0.25, 0.3) is 0 Å². The fourth-order valence-electron chi connectivity index (χ4n) is 2.42. The third-order valence-corrected chi connectivity index (χ3v) is 3.52. The van der Waals surface area contributed by atoms with Gasteiger partial charge in [-0.25, -0.2) is 15.0 Å². The second-order valence-corrected chi connectivity index (χ2v) is 4.68. The zero-order valence-corrected chi connectivity index (χ0v) is 10.3. The highest BCUT2D eigenvalue weighted by molar-refractivity contribution is 5.81. The summed E-state index contributed by atoms with van der Waals surface area (Å²) in [6.07, 6.45) is 1.15.